The van der Waals surface area contributed by atoms with Crippen molar-refractivity contribution >= 4 is 0 Å². The molecule has 1 aliphatic rings. The van der Waals surface area contributed by atoms with Crippen LogP contribution in [0.3, 0.4) is 0 Å². The summed E-state index contributed by atoms with van der Waals surface area (Å²) in [6.45, 7) is 0. The van der Waals surface area contributed by atoms with E-state index in [9.17, 15) is 5.11 Å². The van der Waals surface area contributed by atoms with E-state index in [-0.39, 0.29) is 11.3 Å². The van der Waals surface area contributed by atoms with Crippen LogP contribution in [0.15, 0.2) is 42.5 Å². The molecule has 3 nitrogen and oxygen atoms in total. The van der Waals surface area contributed by atoms with Crippen LogP contribution in [-0.4, -0.2) is 12.2 Å². The molecule has 1 unspecified atom stereocenters. The molecule has 0 aromatic heterocycles. The molecule has 2 aromatic rings. The van der Waals surface area contributed by atoms with Gasteiger partial charge in [0, 0.05) is 5.54 Å². The van der Waals surface area contributed by atoms with Crippen LogP contribution in [0.2, 0.25) is 0 Å². The zero-order chi connectivity index (χ0) is 14.2. The van der Waals surface area contributed by atoms with Crippen molar-refractivity contribution in [3.8, 4) is 11.5 Å². The highest BCUT2D eigenvalue weighted by molar-refractivity contribution is 5.45. The summed E-state index contributed by atoms with van der Waals surface area (Å²) in [7, 11) is 1.68. The van der Waals surface area contributed by atoms with Gasteiger partial charge in [-0.15, -0.1) is 0 Å². The van der Waals surface area contributed by atoms with E-state index in [1.165, 1.54) is 11.1 Å². The van der Waals surface area contributed by atoms with Gasteiger partial charge in [0.25, 0.3) is 0 Å². The van der Waals surface area contributed by atoms with Gasteiger partial charge in [-0.2, -0.15) is 0 Å². The van der Waals surface area contributed by atoms with E-state index in [2.05, 4.69) is 12.1 Å². The molecule has 2 aromatic carbocycles. The maximum atomic E-state index is 9.36. The Bertz CT molecular complexity index is 621. The number of methoxy groups -OCH3 is 1. The Morgan fingerprint density at radius 1 is 1.20 bits per heavy atom. The van der Waals surface area contributed by atoms with Gasteiger partial charge in [0.05, 0.1) is 7.11 Å². The summed E-state index contributed by atoms with van der Waals surface area (Å²) in [6.07, 6.45) is 2.72. The summed E-state index contributed by atoms with van der Waals surface area (Å²) in [4.78, 5) is 0. The average Bonchev–Trinajstić information content (AvgIpc) is 2.78. The predicted molar refractivity (Wildman–Crippen MR) is 79.0 cm³/mol. The van der Waals surface area contributed by atoms with Gasteiger partial charge in [0.2, 0.25) is 0 Å². The van der Waals surface area contributed by atoms with E-state index < -0.39 is 0 Å². The van der Waals surface area contributed by atoms with Gasteiger partial charge in [-0.25, -0.2) is 0 Å². The Labute approximate surface area is 119 Å². The van der Waals surface area contributed by atoms with Crippen molar-refractivity contribution in [3.63, 3.8) is 0 Å². The lowest BCUT2D eigenvalue weighted by molar-refractivity contribution is 0.407. The monoisotopic (exact) mass is 269 g/mol. The number of hydrogen-bond donors (Lipinski definition) is 2. The van der Waals surface area contributed by atoms with E-state index in [4.69, 9.17) is 10.5 Å². The molecule has 3 rings (SSSR count). The lowest BCUT2D eigenvalue weighted by Gasteiger charge is -2.26. The van der Waals surface area contributed by atoms with Gasteiger partial charge in [0.15, 0.2) is 0 Å². The first-order valence-electron chi connectivity index (χ1n) is 6.85. The molecular formula is C17H19NO2. The molecule has 1 atom stereocenters. The van der Waals surface area contributed by atoms with Crippen LogP contribution >= 0.6 is 0 Å². The molecule has 0 amide bonds. The minimum absolute atomic E-state index is 0.285. The average molecular weight is 269 g/mol. The van der Waals surface area contributed by atoms with Crippen LogP contribution in [0.5, 0.6) is 11.5 Å². The fourth-order valence-corrected chi connectivity index (χ4v) is 3.02. The van der Waals surface area contributed by atoms with E-state index in [1.54, 1.807) is 19.2 Å². The Balaban J connectivity index is 1.93. The van der Waals surface area contributed by atoms with Gasteiger partial charge in [-0.3, -0.25) is 0 Å². The largest absolute Gasteiger partial charge is 0.508 e. The fourth-order valence-electron chi connectivity index (χ4n) is 3.02. The molecule has 0 bridgehead atoms. The standard InChI is InChI=1S/C17H19NO2/c1-20-15-7-4-13-8-9-17(18,16(13)10-15)11-12-2-5-14(19)6-3-12/h2-7,10,19H,8-9,11,18H2,1H3. The molecule has 0 aliphatic heterocycles. The number of phenolic OH excluding ortho intramolecular Hbond substituents is 1. The second-order valence-electron chi connectivity index (χ2n) is 5.52. The number of benzene rings is 2. The fraction of sp³-hybridized carbons (Fsp3) is 0.294. The number of ether oxygens (including phenoxy) is 1. The van der Waals surface area contributed by atoms with E-state index in [1.807, 2.05) is 18.2 Å². The van der Waals surface area contributed by atoms with Gasteiger partial charge in [-0.1, -0.05) is 18.2 Å². The highest BCUT2D eigenvalue weighted by Gasteiger charge is 2.35. The third-order valence-electron chi connectivity index (χ3n) is 4.15. The number of fused-ring (bicyclic) bond motifs is 1. The number of rotatable bonds is 3. The molecule has 20 heavy (non-hydrogen) atoms. The van der Waals surface area contributed by atoms with Crippen LogP contribution in [0.4, 0.5) is 0 Å². The lowest BCUT2D eigenvalue weighted by atomic mass is 9.86. The molecule has 3 heteroatoms. The molecule has 0 spiro atoms. The van der Waals surface area contributed by atoms with Crippen molar-refractivity contribution in [2.24, 2.45) is 5.73 Å². The molecule has 0 fully saturated rings. The molecule has 3 N–H and O–H groups in total. The highest BCUT2D eigenvalue weighted by Crippen LogP contribution is 2.39. The lowest BCUT2D eigenvalue weighted by Crippen LogP contribution is -2.36. The smallest absolute Gasteiger partial charge is 0.119 e. The van der Waals surface area contributed by atoms with Crippen LogP contribution in [0.25, 0.3) is 0 Å². The van der Waals surface area contributed by atoms with Crippen molar-refractivity contribution in [3.05, 3.63) is 59.2 Å². The van der Waals surface area contributed by atoms with Gasteiger partial charge in [-0.05, 0) is 60.2 Å². The maximum absolute atomic E-state index is 9.36. The van der Waals surface area contributed by atoms with Gasteiger partial charge in [0.1, 0.15) is 11.5 Å². The van der Waals surface area contributed by atoms with Crippen molar-refractivity contribution in [2.45, 2.75) is 24.8 Å². The van der Waals surface area contributed by atoms with Crippen molar-refractivity contribution in [1.29, 1.82) is 0 Å². The zero-order valence-corrected chi connectivity index (χ0v) is 11.6. The quantitative estimate of drug-likeness (QED) is 0.900. The maximum Gasteiger partial charge on any atom is 0.119 e. The third kappa shape index (κ3) is 2.25. The molecular weight excluding hydrogens is 250 g/mol. The molecule has 0 heterocycles. The normalized spacial score (nSPS) is 20.7. The number of hydrogen-bond acceptors (Lipinski definition) is 3. The van der Waals surface area contributed by atoms with Crippen LogP contribution in [0.1, 0.15) is 23.1 Å². The summed E-state index contributed by atoms with van der Waals surface area (Å²) in [5, 5.41) is 9.36. The predicted octanol–water partition coefficient (Wildman–Crippen LogP) is 2.74. The zero-order valence-electron chi connectivity index (χ0n) is 11.6. The summed E-state index contributed by atoms with van der Waals surface area (Å²) in [6, 6.07) is 13.4. The van der Waals surface area contributed by atoms with Crippen molar-refractivity contribution in [1.82, 2.24) is 0 Å². The number of aromatic hydroxyl groups is 1. The first-order valence-corrected chi connectivity index (χ1v) is 6.85. The molecule has 0 saturated carbocycles. The van der Waals surface area contributed by atoms with E-state index in [0.717, 1.165) is 30.6 Å². The minimum atomic E-state index is -0.346. The molecule has 104 valence electrons. The van der Waals surface area contributed by atoms with Crippen molar-refractivity contribution < 1.29 is 9.84 Å². The van der Waals surface area contributed by atoms with Crippen LogP contribution < -0.4 is 10.5 Å². The summed E-state index contributed by atoms with van der Waals surface area (Å²) in [5.74, 6) is 1.14. The number of aryl methyl sites for hydroxylation is 1. The number of nitrogens with two attached hydrogens (primary N) is 1. The summed E-state index contributed by atoms with van der Waals surface area (Å²) in [5.41, 5.74) is 9.94. The Morgan fingerprint density at radius 2 is 1.95 bits per heavy atom. The van der Waals surface area contributed by atoms with Crippen molar-refractivity contribution in [2.75, 3.05) is 7.11 Å². The first-order chi connectivity index (χ1) is 9.60. The van der Waals surface area contributed by atoms with Crippen LogP contribution in [0, 0.1) is 0 Å². The van der Waals surface area contributed by atoms with E-state index >= 15 is 0 Å². The second kappa shape index (κ2) is 4.84. The summed E-state index contributed by atoms with van der Waals surface area (Å²) < 4.78 is 5.31. The van der Waals surface area contributed by atoms with E-state index in [0.29, 0.717) is 0 Å². The molecule has 0 radical (unpaired) electrons. The Kier molecular flexibility index (Phi) is 3.14. The van der Waals surface area contributed by atoms with Crippen LogP contribution in [-0.2, 0) is 18.4 Å². The third-order valence-corrected chi connectivity index (χ3v) is 4.15. The van der Waals surface area contributed by atoms with Gasteiger partial charge < -0.3 is 15.6 Å². The SMILES string of the molecule is COc1ccc2c(c1)C(N)(Cc1ccc(O)cc1)CC2. The highest BCUT2D eigenvalue weighted by atomic mass is 16.5. The molecule has 1 aliphatic carbocycles. The number of phenols is 1. The minimum Gasteiger partial charge on any atom is -0.508 e. The first kappa shape index (κ1) is 13.0. The molecule has 0 saturated heterocycles. The second-order valence-corrected chi connectivity index (χ2v) is 5.52. The Morgan fingerprint density at radius 3 is 2.65 bits per heavy atom. The summed E-state index contributed by atoms with van der Waals surface area (Å²) >= 11 is 0. The topological polar surface area (TPSA) is 55.5 Å². The Hall–Kier alpha value is -2.00. The van der Waals surface area contributed by atoms with Gasteiger partial charge >= 0.3 is 0 Å².